The first-order chi connectivity index (χ1) is 3.25. The minimum atomic E-state index is -2.29. The third-order valence-electron chi connectivity index (χ3n) is 0.498. The van der Waals surface area contributed by atoms with Gasteiger partial charge >= 0.3 is 0 Å². The fourth-order valence-electron chi connectivity index (χ4n) is 0. The Morgan fingerprint density at radius 3 is 1.25 bits per heavy atom. The van der Waals surface area contributed by atoms with E-state index in [1.54, 1.807) is 0 Å². The maximum absolute atomic E-state index is 12.3. The highest BCUT2D eigenvalue weighted by Crippen LogP contribution is 2.43. The van der Waals surface area contributed by atoms with E-state index in [1.165, 1.54) is 0 Å². The number of hydrogen-bond acceptors (Lipinski definition) is 0. The van der Waals surface area contributed by atoms with E-state index < -0.39 is 8.92 Å². The summed E-state index contributed by atoms with van der Waals surface area (Å²) in [5.41, 5.74) is 0. The van der Waals surface area contributed by atoms with Gasteiger partial charge in [-0.05, 0) is 6.92 Å². The van der Waals surface area contributed by atoms with Gasteiger partial charge in [0.2, 0.25) is 8.92 Å². The maximum atomic E-state index is 12.3. The first-order valence-corrected chi connectivity index (χ1v) is 3.21. The fourth-order valence-corrected chi connectivity index (χ4v) is 0. The zero-order chi connectivity index (χ0) is 7.00. The molecule has 5 heteroatoms. The second-order valence-corrected chi connectivity index (χ2v) is 4.38. The minimum Gasteiger partial charge on any atom is -0.222 e. The summed E-state index contributed by atoms with van der Waals surface area (Å²) >= 11 is 20.0. The second-order valence-electron chi connectivity index (χ2n) is 1.39. The SMILES string of the molecule is CC(F)(Cl)C(Cl)(Cl)Cl. The van der Waals surface area contributed by atoms with Crippen LogP contribution in [0.4, 0.5) is 4.39 Å². The zero-order valence-corrected chi connectivity index (χ0v) is 6.91. The van der Waals surface area contributed by atoms with Crippen LogP contribution in [-0.4, -0.2) is 8.92 Å². The Balaban J connectivity index is 4.02. The predicted molar refractivity (Wildman–Crippen MR) is 35.7 cm³/mol. The van der Waals surface area contributed by atoms with Gasteiger partial charge in [0.1, 0.15) is 0 Å². The average Bonchev–Trinajstić information content (AvgIpc) is 1.25. The van der Waals surface area contributed by atoms with E-state index in [9.17, 15) is 4.39 Å². The molecule has 0 radical (unpaired) electrons. The van der Waals surface area contributed by atoms with Crippen LogP contribution in [0.15, 0.2) is 0 Å². The Bertz CT molecular complexity index is 66.3. The molecular formula is C3H3Cl4F. The van der Waals surface area contributed by atoms with Gasteiger partial charge in [0.05, 0.1) is 0 Å². The van der Waals surface area contributed by atoms with Crippen molar-refractivity contribution in [2.75, 3.05) is 0 Å². The Morgan fingerprint density at radius 2 is 1.25 bits per heavy atom. The molecule has 1 unspecified atom stereocenters. The normalized spacial score (nSPS) is 20.2. The molecule has 0 aliphatic heterocycles. The number of rotatable bonds is 0. The van der Waals surface area contributed by atoms with Gasteiger partial charge in [-0.3, -0.25) is 0 Å². The van der Waals surface area contributed by atoms with Crippen molar-refractivity contribution < 1.29 is 4.39 Å². The molecule has 0 aliphatic carbocycles. The lowest BCUT2D eigenvalue weighted by Crippen LogP contribution is -2.27. The van der Waals surface area contributed by atoms with Crippen molar-refractivity contribution in [3.8, 4) is 0 Å². The molecule has 0 amide bonds. The lowest BCUT2D eigenvalue weighted by molar-refractivity contribution is 0.311. The van der Waals surface area contributed by atoms with Crippen molar-refractivity contribution in [3.63, 3.8) is 0 Å². The molecule has 0 aliphatic rings. The van der Waals surface area contributed by atoms with Crippen LogP contribution in [0.2, 0.25) is 0 Å². The monoisotopic (exact) mass is 198 g/mol. The Hall–Kier alpha value is 1.09. The van der Waals surface area contributed by atoms with Gasteiger partial charge < -0.3 is 0 Å². The summed E-state index contributed by atoms with van der Waals surface area (Å²) in [6, 6.07) is 0. The van der Waals surface area contributed by atoms with E-state index in [0.29, 0.717) is 0 Å². The largest absolute Gasteiger partial charge is 0.237 e. The summed E-state index contributed by atoms with van der Waals surface area (Å²) in [7, 11) is 0. The van der Waals surface area contributed by atoms with Crippen molar-refractivity contribution in [2.45, 2.75) is 15.8 Å². The summed E-state index contributed by atoms with van der Waals surface area (Å²) in [5.74, 6) is 0. The van der Waals surface area contributed by atoms with Crippen LogP contribution in [0, 0.1) is 0 Å². The Kier molecular flexibility index (Phi) is 2.70. The molecule has 0 spiro atoms. The molecule has 0 aromatic carbocycles. The summed E-state index contributed by atoms with van der Waals surface area (Å²) in [5, 5.41) is -2.29. The third-order valence-corrected chi connectivity index (χ3v) is 2.14. The molecule has 50 valence electrons. The van der Waals surface area contributed by atoms with Crippen molar-refractivity contribution >= 4 is 46.4 Å². The van der Waals surface area contributed by atoms with E-state index in [0.717, 1.165) is 6.92 Å². The van der Waals surface area contributed by atoms with Gasteiger partial charge in [0.15, 0.2) is 0 Å². The Labute approximate surface area is 66.8 Å². The molecule has 0 aromatic rings. The van der Waals surface area contributed by atoms with Crippen LogP contribution < -0.4 is 0 Å². The van der Waals surface area contributed by atoms with Gasteiger partial charge in [-0.1, -0.05) is 46.4 Å². The first kappa shape index (κ1) is 9.09. The molecule has 0 saturated carbocycles. The highest BCUT2D eigenvalue weighted by molar-refractivity contribution is 6.70. The molecule has 1 atom stereocenters. The Morgan fingerprint density at radius 1 is 1.12 bits per heavy atom. The van der Waals surface area contributed by atoms with Gasteiger partial charge in [0, 0.05) is 0 Å². The van der Waals surface area contributed by atoms with Gasteiger partial charge in [-0.15, -0.1) is 0 Å². The standard InChI is InChI=1S/C3H3Cl4F/c1-2(4,8)3(5,6)7/h1H3. The van der Waals surface area contributed by atoms with Crippen LogP contribution in [0.3, 0.4) is 0 Å². The highest BCUT2D eigenvalue weighted by Gasteiger charge is 2.43. The number of hydrogen-bond donors (Lipinski definition) is 0. The predicted octanol–water partition coefficient (Wildman–Crippen LogP) is 3.28. The van der Waals surface area contributed by atoms with E-state index in [2.05, 4.69) is 0 Å². The topological polar surface area (TPSA) is 0 Å². The van der Waals surface area contributed by atoms with E-state index in [-0.39, 0.29) is 0 Å². The van der Waals surface area contributed by atoms with Crippen LogP contribution in [0.5, 0.6) is 0 Å². The maximum Gasteiger partial charge on any atom is 0.237 e. The van der Waals surface area contributed by atoms with Crippen molar-refractivity contribution in [2.24, 2.45) is 0 Å². The van der Waals surface area contributed by atoms with E-state index >= 15 is 0 Å². The van der Waals surface area contributed by atoms with Gasteiger partial charge in [-0.2, -0.15) is 0 Å². The number of alkyl halides is 5. The van der Waals surface area contributed by atoms with Gasteiger partial charge in [0.25, 0.3) is 0 Å². The summed E-state index contributed by atoms with van der Waals surface area (Å²) in [6.07, 6.45) is 0. The smallest absolute Gasteiger partial charge is 0.222 e. The molecule has 0 aromatic heterocycles. The summed E-state index contributed by atoms with van der Waals surface area (Å²) in [4.78, 5) is 0. The molecule has 0 saturated heterocycles. The van der Waals surface area contributed by atoms with E-state index in [1.807, 2.05) is 0 Å². The van der Waals surface area contributed by atoms with Crippen molar-refractivity contribution in [1.29, 1.82) is 0 Å². The molecule has 0 heterocycles. The lowest BCUT2D eigenvalue weighted by atomic mass is 10.5. The summed E-state index contributed by atoms with van der Waals surface area (Å²) in [6.45, 7) is 0.974. The van der Waals surface area contributed by atoms with Crippen LogP contribution >= 0.6 is 46.4 Å². The van der Waals surface area contributed by atoms with E-state index in [4.69, 9.17) is 46.4 Å². The second kappa shape index (κ2) is 2.37. The molecule has 0 bridgehead atoms. The molecule has 0 fully saturated rings. The zero-order valence-electron chi connectivity index (χ0n) is 3.89. The van der Waals surface area contributed by atoms with Crippen LogP contribution in [-0.2, 0) is 0 Å². The summed E-state index contributed by atoms with van der Waals surface area (Å²) < 4.78 is 10.2. The average molecular weight is 200 g/mol. The van der Waals surface area contributed by atoms with Crippen LogP contribution in [0.25, 0.3) is 0 Å². The molecule has 0 N–H and O–H groups in total. The van der Waals surface area contributed by atoms with Crippen LogP contribution in [0.1, 0.15) is 6.92 Å². The van der Waals surface area contributed by atoms with Crippen molar-refractivity contribution in [3.05, 3.63) is 0 Å². The molecule has 8 heavy (non-hydrogen) atoms. The molecule has 0 nitrogen and oxygen atoms in total. The van der Waals surface area contributed by atoms with Crippen molar-refractivity contribution in [1.82, 2.24) is 0 Å². The minimum absolute atomic E-state index is 0.974. The lowest BCUT2D eigenvalue weighted by Gasteiger charge is -2.19. The quantitative estimate of drug-likeness (QED) is 0.526. The molecular weight excluding hydrogens is 197 g/mol. The third kappa shape index (κ3) is 2.58. The first-order valence-electron chi connectivity index (χ1n) is 1.69. The number of halogens is 5. The van der Waals surface area contributed by atoms with Gasteiger partial charge in [-0.25, -0.2) is 4.39 Å². The fraction of sp³-hybridized carbons (Fsp3) is 1.00. The highest BCUT2D eigenvalue weighted by atomic mass is 35.6. The molecule has 0 rings (SSSR count).